The quantitative estimate of drug-likeness (QED) is 0.634. The van der Waals surface area contributed by atoms with Gasteiger partial charge in [0, 0.05) is 12.1 Å². The molecular formula is C6H15Cl2NP+. The Morgan fingerprint density at radius 2 is 1.30 bits per heavy atom. The lowest BCUT2D eigenvalue weighted by Gasteiger charge is -2.23. The third kappa shape index (κ3) is 3.39. The zero-order valence-electron chi connectivity index (χ0n) is 6.86. The highest BCUT2D eigenvalue weighted by atomic mass is 35.9. The van der Waals surface area contributed by atoms with E-state index >= 15 is 0 Å². The highest BCUT2D eigenvalue weighted by molar-refractivity contribution is 8.02. The van der Waals surface area contributed by atoms with E-state index in [-0.39, 0.29) is 0 Å². The van der Waals surface area contributed by atoms with Crippen LogP contribution in [0.5, 0.6) is 0 Å². The molecule has 0 aromatic heterocycles. The molecule has 0 aliphatic heterocycles. The molecule has 1 nitrogen and oxygen atoms in total. The second-order valence-corrected chi connectivity index (χ2v) is 6.56. The second-order valence-electron chi connectivity index (χ2n) is 2.84. The van der Waals surface area contributed by atoms with E-state index in [1.807, 2.05) is 0 Å². The van der Waals surface area contributed by atoms with Crippen molar-refractivity contribution in [2.24, 2.45) is 0 Å². The third-order valence-electron chi connectivity index (χ3n) is 1.31. The van der Waals surface area contributed by atoms with Gasteiger partial charge in [-0.25, -0.2) is 0 Å². The first-order valence-corrected chi connectivity index (χ1v) is 6.90. The van der Waals surface area contributed by atoms with Crippen molar-refractivity contribution in [1.29, 1.82) is 0 Å². The summed E-state index contributed by atoms with van der Waals surface area (Å²) >= 11 is 11.7. The molecule has 10 heavy (non-hydrogen) atoms. The van der Waals surface area contributed by atoms with Crippen molar-refractivity contribution < 1.29 is 0 Å². The van der Waals surface area contributed by atoms with Gasteiger partial charge in [-0.3, -0.25) is 0 Å². The molecule has 0 spiro atoms. The van der Waals surface area contributed by atoms with Crippen molar-refractivity contribution >= 4 is 29.3 Å². The largest absolute Gasteiger partial charge is 0.269 e. The van der Waals surface area contributed by atoms with Gasteiger partial charge < -0.3 is 0 Å². The summed E-state index contributed by atoms with van der Waals surface area (Å²) in [6, 6.07) is 0.896. The van der Waals surface area contributed by atoms with E-state index in [9.17, 15) is 0 Å². The number of hydrogen-bond acceptors (Lipinski definition) is 1. The van der Waals surface area contributed by atoms with Gasteiger partial charge >= 0.3 is 0 Å². The van der Waals surface area contributed by atoms with Crippen molar-refractivity contribution in [1.82, 2.24) is 4.67 Å². The van der Waals surface area contributed by atoms with Gasteiger partial charge in [-0.1, -0.05) is 0 Å². The van der Waals surface area contributed by atoms with Crippen LogP contribution in [0.1, 0.15) is 27.7 Å². The van der Waals surface area contributed by atoms with Crippen LogP contribution in [0.15, 0.2) is 0 Å². The lowest BCUT2D eigenvalue weighted by atomic mass is 10.3. The molecule has 0 N–H and O–H groups in total. The van der Waals surface area contributed by atoms with Crippen LogP contribution >= 0.6 is 29.3 Å². The zero-order chi connectivity index (χ0) is 8.31. The Hall–Kier alpha value is 0.970. The molecule has 0 radical (unpaired) electrons. The predicted octanol–water partition coefficient (Wildman–Crippen LogP) is 3.54. The van der Waals surface area contributed by atoms with E-state index in [0.29, 0.717) is 12.1 Å². The molecule has 0 aliphatic rings. The number of halogens is 2. The fourth-order valence-corrected chi connectivity index (χ4v) is 4.11. The third-order valence-corrected chi connectivity index (χ3v) is 3.90. The number of nitrogens with zero attached hydrogens (tertiary/aromatic N) is 1. The molecular weight excluding hydrogens is 188 g/mol. The maximum Gasteiger partial charge on any atom is 0.269 e. The minimum Gasteiger partial charge on any atom is -0.146 e. The number of rotatable bonds is 3. The summed E-state index contributed by atoms with van der Waals surface area (Å²) in [5.41, 5.74) is 0. The first-order chi connectivity index (χ1) is 4.46. The SMILES string of the molecule is CC(C)N(C(C)C)[PH+](Cl)Cl. The van der Waals surface area contributed by atoms with Gasteiger partial charge in [-0.2, -0.15) is 0 Å². The first-order valence-electron chi connectivity index (χ1n) is 3.43. The smallest absolute Gasteiger partial charge is 0.146 e. The van der Waals surface area contributed by atoms with Crippen molar-refractivity contribution in [2.45, 2.75) is 39.8 Å². The average Bonchev–Trinajstić information content (AvgIpc) is 1.59. The first kappa shape index (κ1) is 11.0. The van der Waals surface area contributed by atoms with Gasteiger partial charge in [0.25, 0.3) is 6.78 Å². The minimum absolute atomic E-state index is 0.448. The predicted molar refractivity (Wildman–Crippen MR) is 52.1 cm³/mol. The fraction of sp³-hybridized carbons (Fsp3) is 1.00. The van der Waals surface area contributed by atoms with Gasteiger partial charge in [-0.05, 0) is 27.7 Å². The van der Waals surface area contributed by atoms with E-state index in [0.717, 1.165) is 0 Å². The normalized spacial score (nSPS) is 12.6. The zero-order valence-corrected chi connectivity index (χ0v) is 9.37. The summed E-state index contributed by atoms with van der Waals surface area (Å²) in [6.07, 6.45) is 0. The van der Waals surface area contributed by atoms with Crippen molar-refractivity contribution in [3.63, 3.8) is 0 Å². The van der Waals surface area contributed by atoms with Crippen LogP contribution in [-0.4, -0.2) is 16.8 Å². The van der Waals surface area contributed by atoms with Crippen LogP contribution in [0.3, 0.4) is 0 Å². The Morgan fingerprint density at radius 3 is 1.30 bits per heavy atom. The van der Waals surface area contributed by atoms with Gasteiger partial charge in [0.2, 0.25) is 0 Å². The lowest BCUT2D eigenvalue weighted by molar-refractivity contribution is 0.330. The van der Waals surface area contributed by atoms with Crippen molar-refractivity contribution in [3.05, 3.63) is 0 Å². The molecule has 4 heteroatoms. The Balaban J connectivity index is 3.98. The molecule has 0 atom stereocenters. The standard InChI is InChI=1S/C6H14Cl2NP/c1-5(2)9(6(3)4)10(7)8/h5-6H,1-4H3/p+1. The highest BCUT2D eigenvalue weighted by Gasteiger charge is 2.27. The molecule has 0 amide bonds. The summed E-state index contributed by atoms with van der Waals surface area (Å²) in [4.78, 5) is 0. The monoisotopic (exact) mass is 202 g/mol. The van der Waals surface area contributed by atoms with Crippen LogP contribution in [-0.2, 0) is 0 Å². The Bertz CT molecular complexity index is 76.7. The summed E-state index contributed by atoms with van der Waals surface area (Å²) in [7, 11) is 0. The Kier molecular flexibility index (Phi) is 5.23. The molecule has 0 unspecified atom stereocenters. The molecule has 0 fully saturated rings. The maximum absolute atomic E-state index is 5.83. The molecule has 0 aromatic carbocycles. The van der Waals surface area contributed by atoms with Gasteiger partial charge in [0.1, 0.15) is 22.5 Å². The van der Waals surface area contributed by atoms with Crippen LogP contribution in [0, 0.1) is 0 Å². The highest BCUT2D eigenvalue weighted by Crippen LogP contribution is 2.52. The molecule has 0 rings (SSSR count). The van der Waals surface area contributed by atoms with Crippen LogP contribution in [0.4, 0.5) is 0 Å². The van der Waals surface area contributed by atoms with E-state index in [1.54, 1.807) is 0 Å². The summed E-state index contributed by atoms with van der Waals surface area (Å²) in [5.74, 6) is 0. The molecule has 0 aliphatic carbocycles. The van der Waals surface area contributed by atoms with Crippen molar-refractivity contribution in [3.8, 4) is 0 Å². The average molecular weight is 203 g/mol. The molecule has 0 bridgehead atoms. The lowest BCUT2D eigenvalue weighted by Crippen LogP contribution is -2.29. The summed E-state index contributed by atoms with van der Waals surface area (Å²) in [6.45, 7) is 7.13. The topological polar surface area (TPSA) is 3.24 Å². The maximum atomic E-state index is 5.83. The minimum atomic E-state index is -1.29. The van der Waals surface area contributed by atoms with Gasteiger partial charge in [-0.15, -0.1) is 4.67 Å². The molecule has 0 aromatic rings. The summed E-state index contributed by atoms with van der Waals surface area (Å²) in [5, 5.41) is 0. The molecule has 0 saturated carbocycles. The van der Waals surface area contributed by atoms with E-state index < -0.39 is 6.78 Å². The van der Waals surface area contributed by atoms with E-state index in [2.05, 4.69) is 32.4 Å². The molecule has 0 heterocycles. The van der Waals surface area contributed by atoms with Gasteiger partial charge in [0.05, 0.1) is 0 Å². The van der Waals surface area contributed by atoms with E-state index in [4.69, 9.17) is 22.5 Å². The number of hydrogen-bond donors (Lipinski definition) is 0. The van der Waals surface area contributed by atoms with Crippen molar-refractivity contribution in [2.75, 3.05) is 0 Å². The van der Waals surface area contributed by atoms with Gasteiger partial charge in [0.15, 0.2) is 0 Å². The molecule has 0 saturated heterocycles. The Labute approximate surface area is 74.1 Å². The second kappa shape index (κ2) is 4.77. The van der Waals surface area contributed by atoms with Crippen LogP contribution < -0.4 is 0 Å². The van der Waals surface area contributed by atoms with Crippen LogP contribution in [0.2, 0.25) is 0 Å². The van der Waals surface area contributed by atoms with Crippen LogP contribution in [0.25, 0.3) is 0 Å². The fourth-order valence-electron chi connectivity index (χ4n) is 0.987. The summed E-state index contributed by atoms with van der Waals surface area (Å²) < 4.78 is 2.13. The van der Waals surface area contributed by atoms with E-state index in [1.165, 1.54) is 0 Å². The Morgan fingerprint density at radius 1 is 1.00 bits per heavy atom. The molecule has 62 valence electrons.